The van der Waals surface area contributed by atoms with Gasteiger partial charge in [-0.15, -0.1) is 6.58 Å². The van der Waals surface area contributed by atoms with Crippen molar-refractivity contribution in [1.82, 2.24) is 18.8 Å². The van der Waals surface area contributed by atoms with Gasteiger partial charge in [-0.1, -0.05) is 29.8 Å². The summed E-state index contributed by atoms with van der Waals surface area (Å²) in [6.07, 6.45) is 5.88. The molecule has 186 valence electrons. The van der Waals surface area contributed by atoms with Crippen molar-refractivity contribution in [1.29, 1.82) is 0 Å². The van der Waals surface area contributed by atoms with Crippen LogP contribution in [-0.4, -0.2) is 46.8 Å². The van der Waals surface area contributed by atoms with E-state index in [9.17, 15) is 13.2 Å². The molecule has 3 heterocycles. The zero-order valence-electron chi connectivity index (χ0n) is 20.2. The highest BCUT2D eigenvalue weighted by Crippen LogP contribution is 2.35. The predicted octanol–water partition coefficient (Wildman–Crippen LogP) is 5.19. The number of carbonyl (C=O) groups excluding carboxylic acids is 1. The Morgan fingerprint density at radius 1 is 1.14 bits per heavy atom. The SMILES string of the molecule is C=CCN(C)C(=O)c1cnc2c(c1)c(-c1cc(F)c3ncccc3c1)cn2S(=O)(=O)c1ccc(C)cc1. The van der Waals surface area contributed by atoms with Gasteiger partial charge < -0.3 is 4.90 Å². The molecular weight excluding hydrogens is 491 g/mol. The van der Waals surface area contributed by atoms with Crippen LogP contribution in [0.5, 0.6) is 0 Å². The molecule has 3 aromatic heterocycles. The Hall–Kier alpha value is -4.37. The van der Waals surface area contributed by atoms with E-state index in [1.165, 1.54) is 41.7 Å². The first-order valence-electron chi connectivity index (χ1n) is 11.4. The lowest BCUT2D eigenvalue weighted by molar-refractivity contribution is 0.0810. The van der Waals surface area contributed by atoms with E-state index in [1.54, 1.807) is 49.5 Å². The standard InChI is InChI=1S/C28H23FN4O3S/c1-4-12-32(3)28(34)21-14-23-24(20-13-19-6-5-11-30-26(19)25(29)15-20)17-33(27(23)31-16-21)37(35,36)22-9-7-18(2)8-10-22/h4-11,13-17H,1,12H2,2-3H3. The maximum absolute atomic E-state index is 15.0. The highest BCUT2D eigenvalue weighted by Gasteiger charge is 2.25. The third-order valence-corrected chi connectivity index (χ3v) is 7.82. The van der Waals surface area contributed by atoms with Gasteiger partial charge in [-0.2, -0.15) is 0 Å². The molecule has 0 saturated heterocycles. The van der Waals surface area contributed by atoms with Crippen LogP contribution in [0.25, 0.3) is 33.1 Å². The summed E-state index contributed by atoms with van der Waals surface area (Å²) in [7, 11) is -2.41. The lowest BCUT2D eigenvalue weighted by atomic mass is 10.0. The summed E-state index contributed by atoms with van der Waals surface area (Å²) in [5.74, 6) is -0.843. The van der Waals surface area contributed by atoms with E-state index in [-0.39, 0.29) is 27.5 Å². The molecule has 0 atom stereocenters. The van der Waals surface area contributed by atoms with Crippen LogP contribution in [0.1, 0.15) is 15.9 Å². The largest absolute Gasteiger partial charge is 0.338 e. The Labute approximate surface area is 213 Å². The Balaban J connectivity index is 1.78. The lowest BCUT2D eigenvalue weighted by Gasteiger charge is -2.14. The van der Waals surface area contributed by atoms with Gasteiger partial charge in [-0.05, 0) is 48.9 Å². The van der Waals surface area contributed by atoms with Crippen LogP contribution in [0.15, 0.2) is 90.7 Å². The number of hydrogen-bond donors (Lipinski definition) is 0. The van der Waals surface area contributed by atoms with Crippen LogP contribution >= 0.6 is 0 Å². The number of fused-ring (bicyclic) bond motifs is 2. The number of aromatic nitrogens is 3. The molecule has 0 aliphatic rings. The van der Waals surface area contributed by atoms with Gasteiger partial charge >= 0.3 is 0 Å². The predicted molar refractivity (Wildman–Crippen MR) is 141 cm³/mol. The van der Waals surface area contributed by atoms with Gasteiger partial charge in [0.1, 0.15) is 11.3 Å². The zero-order chi connectivity index (χ0) is 26.3. The van der Waals surface area contributed by atoms with E-state index in [2.05, 4.69) is 16.5 Å². The molecule has 0 aliphatic carbocycles. The second-order valence-corrected chi connectivity index (χ2v) is 10.6. The number of nitrogens with zero attached hydrogens (tertiary/aromatic N) is 4. The monoisotopic (exact) mass is 514 g/mol. The molecule has 0 aliphatic heterocycles. The molecule has 0 radical (unpaired) electrons. The smallest absolute Gasteiger partial charge is 0.269 e. The van der Waals surface area contributed by atoms with Gasteiger partial charge in [0.05, 0.1) is 10.5 Å². The van der Waals surface area contributed by atoms with Crippen LogP contribution in [0.3, 0.4) is 0 Å². The van der Waals surface area contributed by atoms with E-state index < -0.39 is 15.8 Å². The molecule has 2 aromatic carbocycles. The number of amides is 1. The quantitative estimate of drug-likeness (QED) is 0.291. The Morgan fingerprint density at radius 3 is 2.62 bits per heavy atom. The van der Waals surface area contributed by atoms with Crippen molar-refractivity contribution < 1.29 is 17.6 Å². The fourth-order valence-electron chi connectivity index (χ4n) is 4.23. The highest BCUT2D eigenvalue weighted by molar-refractivity contribution is 7.90. The second kappa shape index (κ2) is 9.25. The average Bonchev–Trinajstić information content (AvgIpc) is 3.28. The Bertz CT molecular complexity index is 1790. The summed E-state index contributed by atoms with van der Waals surface area (Å²) in [5, 5.41) is 0.960. The Kier molecular flexibility index (Phi) is 6.08. The molecule has 0 saturated carbocycles. The van der Waals surface area contributed by atoms with Crippen molar-refractivity contribution >= 4 is 37.9 Å². The zero-order valence-corrected chi connectivity index (χ0v) is 21.0. The van der Waals surface area contributed by atoms with E-state index >= 15 is 4.39 Å². The van der Waals surface area contributed by atoms with E-state index in [1.807, 2.05) is 6.92 Å². The molecular formula is C28H23FN4O3S. The first-order valence-corrected chi connectivity index (χ1v) is 12.9. The number of aryl methyl sites for hydroxylation is 1. The normalized spacial score (nSPS) is 11.6. The van der Waals surface area contributed by atoms with Gasteiger partial charge in [0.2, 0.25) is 0 Å². The topological polar surface area (TPSA) is 85.2 Å². The van der Waals surface area contributed by atoms with Gasteiger partial charge in [0, 0.05) is 48.5 Å². The molecule has 5 aromatic rings. The number of halogens is 1. The fourth-order valence-corrected chi connectivity index (χ4v) is 5.56. The number of rotatable bonds is 6. The molecule has 0 bridgehead atoms. The lowest BCUT2D eigenvalue weighted by Crippen LogP contribution is -2.26. The minimum atomic E-state index is -4.04. The molecule has 0 unspecified atom stereocenters. The van der Waals surface area contributed by atoms with Crippen molar-refractivity contribution in [2.75, 3.05) is 13.6 Å². The highest BCUT2D eigenvalue weighted by atomic mass is 32.2. The van der Waals surface area contributed by atoms with Gasteiger partial charge in [-0.3, -0.25) is 9.78 Å². The second-order valence-electron chi connectivity index (χ2n) is 8.76. The van der Waals surface area contributed by atoms with Crippen LogP contribution in [0, 0.1) is 12.7 Å². The summed E-state index contributed by atoms with van der Waals surface area (Å²) in [4.78, 5) is 23.0. The van der Waals surface area contributed by atoms with Crippen LogP contribution in [0.4, 0.5) is 4.39 Å². The maximum Gasteiger partial charge on any atom is 0.269 e. The summed E-state index contributed by atoms with van der Waals surface area (Å²) in [6.45, 7) is 5.85. The number of hydrogen-bond acceptors (Lipinski definition) is 5. The molecule has 5 rings (SSSR count). The van der Waals surface area contributed by atoms with E-state index in [0.717, 1.165) is 9.54 Å². The summed E-state index contributed by atoms with van der Waals surface area (Å²) in [5.41, 5.74) is 2.39. The van der Waals surface area contributed by atoms with Crippen LogP contribution in [-0.2, 0) is 10.0 Å². The summed E-state index contributed by atoms with van der Waals surface area (Å²) >= 11 is 0. The molecule has 1 amide bonds. The fraction of sp³-hybridized carbons (Fsp3) is 0.107. The van der Waals surface area contributed by atoms with Crippen molar-refractivity contribution in [3.63, 3.8) is 0 Å². The van der Waals surface area contributed by atoms with E-state index in [4.69, 9.17) is 0 Å². The van der Waals surface area contributed by atoms with Gasteiger partial charge in [-0.25, -0.2) is 21.8 Å². The number of pyridine rings is 2. The Morgan fingerprint density at radius 2 is 1.89 bits per heavy atom. The van der Waals surface area contributed by atoms with Crippen molar-refractivity contribution in [3.05, 3.63) is 103 Å². The van der Waals surface area contributed by atoms with Crippen molar-refractivity contribution in [3.8, 4) is 11.1 Å². The van der Waals surface area contributed by atoms with Gasteiger partial charge in [0.25, 0.3) is 15.9 Å². The third kappa shape index (κ3) is 4.27. The van der Waals surface area contributed by atoms with Gasteiger partial charge in [0.15, 0.2) is 5.65 Å². The minimum absolute atomic E-state index is 0.0862. The molecule has 37 heavy (non-hydrogen) atoms. The summed E-state index contributed by atoms with van der Waals surface area (Å²) in [6, 6.07) is 14.5. The van der Waals surface area contributed by atoms with Crippen molar-refractivity contribution in [2.45, 2.75) is 11.8 Å². The summed E-state index contributed by atoms with van der Waals surface area (Å²) < 4.78 is 43.4. The molecule has 9 heteroatoms. The molecule has 0 fully saturated rings. The molecule has 0 spiro atoms. The number of benzene rings is 2. The molecule has 0 N–H and O–H groups in total. The third-order valence-electron chi connectivity index (χ3n) is 6.16. The number of carbonyl (C=O) groups is 1. The maximum atomic E-state index is 15.0. The average molecular weight is 515 g/mol. The van der Waals surface area contributed by atoms with Crippen molar-refractivity contribution in [2.24, 2.45) is 0 Å². The van der Waals surface area contributed by atoms with Crippen LogP contribution < -0.4 is 0 Å². The first kappa shape index (κ1) is 24.3. The number of likely N-dealkylation sites (N-methyl/N-ethyl adjacent to an activating group) is 1. The minimum Gasteiger partial charge on any atom is -0.338 e. The molecule has 7 nitrogen and oxygen atoms in total. The van der Waals surface area contributed by atoms with Crippen LogP contribution in [0.2, 0.25) is 0 Å². The first-order chi connectivity index (χ1) is 17.7. The van der Waals surface area contributed by atoms with E-state index in [0.29, 0.717) is 28.4 Å².